The number of likely N-dealkylation sites (tertiary alicyclic amines) is 1. The van der Waals surface area contributed by atoms with Gasteiger partial charge in [0.15, 0.2) is 17.2 Å². The molecule has 1 saturated carbocycles. The van der Waals surface area contributed by atoms with Crippen LogP contribution in [0.25, 0.3) is 0 Å². The van der Waals surface area contributed by atoms with Crippen LogP contribution in [0.2, 0.25) is 0 Å². The molecule has 3 heterocycles. The maximum atomic E-state index is 13.9. The van der Waals surface area contributed by atoms with Crippen molar-refractivity contribution in [2.24, 2.45) is 11.3 Å². The second-order valence-corrected chi connectivity index (χ2v) is 8.73. The molecule has 8 nitrogen and oxygen atoms in total. The molecule has 0 radical (unpaired) electrons. The quantitative estimate of drug-likeness (QED) is 0.811. The predicted molar refractivity (Wildman–Crippen MR) is 107 cm³/mol. The minimum atomic E-state index is -0.588. The molecule has 0 bridgehead atoms. The highest BCUT2D eigenvalue weighted by Crippen LogP contribution is 2.56. The molecule has 2 amide bonds. The third kappa shape index (κ3) is 3.80. The van der Waals surface area contributed by atoms with Gasteiger partial charge in [-0.3, -0.25) is 9.59 Å². The van der Waals surface area contributed by atoms with Crippen molar-refractivity contribution in [3.63, 3.8) is 0 Å². The first-order valence-corrected chi connectivity index (χ1v) is 10.5. The summed E-state index contributed by atoms with van der Waals surface area (Å²) in [7, 11) is 0. The Morgan fingerprint density at radius 2 is 2.07 bits per heavy atom. The molecule has 1 atom stereocenters. The molecule has 30 heavy (non-hydrogen) atoms. The van der Waals surface area contributed by atoms with Crippen LogP contribution in [0, 0.1) is 17.2 Å². The van der Waals surface area contributed by atoms with E-state index >= 15 is 0 Å². The maximum Gasteiger partial charge on any atom is 0.275 e. The minimum Gasteiger partial charge on any atom is -0.350 e. The van der Waals surface area contributed by atoms with Crippen LogP contribution in [0.4, 0.5) is 4.39 Å². The fourth-order valence-electron chi connectivity index (χ4n) is 4.45. The Bertz CT molecular complexity index is 935. The van der Waals surface area contributed by atoms with Gasteiger partial charge in [-0.05, 0) is 49.1 Å². The standard InChI is InChI=1S/C21H27FN6O2/c1-14(2)12-24-19(29)16-13-28(26-25-16)17-5-6-21(17)7-10-27(11-8-21)20(30)18-15(22)4-3-9-23-18/h3-4,9,13-14,17H,5-8,10-12H2,1-2H3,(H,24,29). The van der Waals surface area contributed by atoms with Crippen LogP contribution in [-0.4, -0.2) is 56.3 Å². The van der Waals surface area contributed by atoms with E-state index in [1.807, 2.05) is 18.5 Å². The van der Waals surface area contributed by atoms with Gasteiger partial charge in [-0.1, -0.05) is 19.1 Å². The number of hydrogen-bond donors (Lipinski definition) is 1. The Balaban J connectivity index is 1.39. The number of carbonyl (C=O) groups is 2. The highest BCUT2D eigenvalue weighted by atomic mass is 19.1. The van der Waals surface area contributed by atoms with Crippen molar-refractivity contribution in [3.8, 4) is 0 Å². The van der Waals surface area contributed by atoms with Crippen molar-refractivity contribution >= 4 is 11.8 Å². The number of pyridine rings is 1. The third-order valence-electron chi connectivity index (χ3n) is 6.36. The summed E-state index contributed by atoms with van der Waals surface area (Å²) in [6.07, 6.45) is 6.80. The van der Waals surface area contributed by atoms with Crippen LogP contribution in [0.15, 0.2) is 24.5 Å². The molecule has 2 aromatic heterocycles. The van der Waals surface area contributed by atoms with Crippen LogP contribution in [0.1, 0.15) is 66.5 Å². The zero-order valence-electron chi connectivity index (χ0n) is 17.3. The first kappa shape index (κ1) is 20.4. The molecule has 2 fully saturated rings. The Hall–Kier alpha value is -2.84. The molecule has 160 valence electrons. The molecule has 4 rings (SSSR count). The molecule has 1 aliphatic heterocycles. The summed E-state index contributed by atoms with van der Waals surface area (Å²) in [5, 5.41) is 11.1. The highest BCUT2D eigenvalue weighted by Gasteiger charge is 2.50. The number of piperidine rings is 1. The summed E-state index contributed by atoms with van der Waals surface area (Å²) in [5.74, 6) is -0.786. The fourth-order valence-corrected chi connectivity index (χ4v) is 4.45. The maximum absolute atomic E-state index is 13.9. The van der Waals surface area contributed by atoms with Gasteiger partial charge in [0.25, 0.3) is 11.8 Å². The van der Waals surface area contributed by atoms with E-state index in [1.165, 1.54) is 18.3 Å². The second-order valence-electron chi connectivity index (χ2n) is 8.73. The van der Waals surface area contributed by atoms with E-state index in [4.69, 9.17) is 0 Å². The van der Waals surface area contributed by atoms with Crippen molar-refractivity contribution in [1.82, 2.24) is 30.2 Å². The van der Waals surface area contributed by atoms with Gasteiger partial charge in [0.05, 0.1) is 12.2 Å². The lowest BCUT2D eigenvalue weighted by Crippen LogP contribution is -2.51. The molecule has 1 unspecified atom stereocenters. The van der Waals surface area contributed by atoms with Gasteiger partial charge in [0.2, 0.25) is 0 Å². The van der Waals surface area contributed by atoms with E-state index in [1.54, 1.807) is 11.1 Å². The summed E-state index contributed by atoms with van der Waals surface area (Å²) >= 11 is 0. The molecule has 1 spiro atoms. The predicted octanol–water partition coefficient (Wildman–Crippen LogP) is 2.46. The molecule has 1 N–H and O–H groups in total. The van der Waals surface area contributed by atoms with E-state index in [2.05, 4.69) is 20.6 Å². The molecule has 1 aliphatic carbocycles. The first-order chi connectivity index (χ1) is 14.4. The monoisotopic (exact) mass is 414 g/mol. The van der Waals surface area contributed by atoms with Crippen LogP contribution < -0.4 is 5.32 Å². The van der Waals surface area contributed by atoms with Gasteiger partial charge in [-0.2, -0.15) is 0 Å². The smallest absolute Gasteiger partial charge is 0.275 e. The van der Waals surface area contributed by atoms with Gasteiger partial charge in [0, 0.05) is 25.8 Å². The number of hydrogen-bond acceptors (Lipinski definition) is 5. The van der Waals surface area contributed by atoms with Crippen molar-refractivity contribution in [2.45, 2.75) is 45.6 Å². The number of amides is 2. The zero-order chi connectivity index (χ0) is 21.3. The van der Waals surface area contributed by atoms with Gasteiger partial charge in [0.1, 0.15) is 0 Å². The lowest BCUT2D eigenvalue weighted by atomic mass is 9.59. The van der Waals surface area contributed by atoms with Crippen LogP contribution in [0.5, 0.6) is 0 Å². The lowest BCUT2D eigenvalue weighted by Gasteiger charge is -2.53. The Kier molecular flexibility index (Phi) is 5.53. The molecule has 1 saturated heterocycles. The van der Waals surface area contributed by atoms with Crippen molar-refractivity contribution in [2.75, 3.05) is 19.6 Å². The SMILES string of the molecule is CC(C)CNC(=O)c1cn(C2CCC23CCN(C(=O)c2ncccc2F)CC3)nn1. The number of nitrogens with zero attached hydrogens (tertiary/aromatic N) is 5. The number of nitrogens with one attached hydrogen (secondary N) is 1. The van der Waals surface area contributed by atoms with Crippen LogP contribution in [0.3, 0.4) is 0 Å². The van der Waals surface area contributed by atoms with E-state index in [0.29, 0.717) is 31.2 Å². The lowest BCUT2D eigenvalue weighted by molar-refractivity contribution is -0.0270. The second kappa shape index (κ2) is 8.12. The van der Waals surface area contributed by atoms with Crippen molar-refractivity contribution in [3.05, 3.63) is 41.7 Å². The number of halogens is 1. The third-order valence-corrected chi connectivity index (χ3v) is 6.36. The number of aromatic nitrogens is 4. The van der Waals surface area contributed by atoms with Gasteiger partial charge >= 0.3 is 0 Å². The van der Waals surface area contributed by atoms with Gasteiger partial charge in [-0.25, -0.2) is 14.1 Å². The Morgan fingerprint density at radius 1 is 1.30 bits per heavy atom. The largest absolute Gasteiger partial charge is 0.350 e. The molecule has 2 aliphatic rings. The van der Waals surface area contributed by atoms with Crippen molar-refractivity contribution in [1.29, 1.82) is 0 Å². The number of carbonyl (C=O) groups excluding carboxylic acids is 2. The van der Waals surface area contributed by atoms with Gasteiger partial charge < -0.3 is 10.2 Å². The summed E-state index contributed by atoms with van der Waals surface area (Å²) in [4.78, 5) is 30.4. The fraction of sp³-hybridized carbons (Fsp3) is 0.571. The average Bonchev–Trinajstić information content (AvgIpc) is 3.20. The van der Waals surface area contributed by atoms with E-state index < -0.39 is 5.82 Å². The normalized spacial score (nSPS) is 20.3. The molecule has 2 aromatic rings. The topological polar surface area (TPSA) is 93.0 Å². The van der Waals surface area contributed by atoms with Gasteiger partial charge in [-0.15, -0.1) is 5.10 Å². The van der Waals surface area contributed by atoms with E-state index in [9.17, 15) is 14.0 Å². The minimum absolute atomic E-state index is 0.0405. The zero-order valence-corrected chi connectivity index (χ0v) is 17.3. The first-order valence-electron chi connectivity index (χ1n) is 10.5. The molecule has 9 heteroatoms. The summed E-state index contributed by atoms with van der Waals surface area (Å²) in [6, 6.07) is 2.90. The van der Waals surface area contributed by atoms with Crippen LogP contribution >= 0.6 is 0 Å². The van der Waals surface area contributed by atoms with E-state index in [-0.39, 0.29) is 29.0 Å². The molecule has 0 aromatic carbocycles. The summed E-state index contributed by atoms with van der Waals surface area (Å²) in [6.45, 7) is 5.78. The highest BCUT2D eigenvalue weighted by molar-refractivity contribution is 5.92. The van der Waals surface area contributed by atoms with E-state index in [0.717, 1.165) is 25.7 Å². The Labute approximate surface area is 174 Å². The Morgan fingerprint density at radius 3 is 2.70 bits per heavy atom. The summed E-state index contributed by atoms with van der Waals surface area (Å²) in [5.41, 5.74) is 0.251. The molecular weight excluding hydrogens is 387 g/mol. The average molecular weight is 414 g/mol. The number of rotatable bonds is 5. The molecular formula is C21H27FN6O2. The summed E-state index contributed by atoms with van der Waals surface area (Å²) < 4.78 is 15.7. The van der Waals surface area contributed by atoms with Crippen molar-refractivity contribution < 1.29 is 14.0 Å². The van der Waals surface area contributed by atoms with Crippen LogP contribution in [-0.2, 0) is 0 Å².